The van der Waals surface area contributed by atoms with Crippen molar-refractivity contribution in [2.24, 2.45) is 11.7 Å². The lowest BCUT2D eigenvalue weighted by molar-refractivity contribution is -0.121. The molecule has 1 aliphatic rings. The number of likely N-dealkylation sites (tertiary alicyclic amines) is 1. The third kappa shape index (κ3) is 3.21. The molecule has 3 N–H and O–H groups in total. The second-order valence-corrected chi connectivity index (χ2v) is 4.59. The van der Waals surface area contributed by atoms with Crippen LogP contribution in [0.2, 0.25) is 0 Å². The predicted molar refractivity (Wildman–Crippen MR) is 68.9 cm³/mol. The molecule has 1 heterocycles. The number of benzene rings is 1. The van der Waals surface area contributed by atoms with E-state index in [0.717, 1.165) is 6.42 Å². The Morgan fingerprint density at radius 1 is 1.37 bits per heavy atom. The van der Waals surface area contributed by atoms with Crippen LogP contribution in [0.4, 0.5) is 14.9 Å². The fourth-order valence-electron chi connectivity index (χ4n) is 2.19. The second kappa shape index (κ2) is 5.69. The zero-order chi connectivity index (χ0) is 13.8. The minimum Gasteiger partial charge on any atom is -0.351 e. The van der Waals surface area contributed by atoms with Gasteiger partial charge in [0.25, 0.3) is 0 Å². The van der Waals surface area contributed by atoms with E-state index in [1.54, 1.807) is 12.1 Å². The summed E-state index contributed by atoms with van der Waals surface area (Å²) in [6.07, 6.45) is 1.39. The molecule has 0 unspecified atom stereocenters. The maximum atomic E-state index is 13.4. The lowest BCUT2D eigenvalue weighted by Crippen LogP contribution is -2.46. The zero-order valence-electron chi connectivity index (χ0n) is 10.4. The number of amides is 3. The van der Waals surface area contributed by atoms with Gasteiger partial charge in [-0.2, -0.15) is 0 Å². The number of halogens is 1. The Hall–Kier alpha value is -2.11. The van der Waals surface area contributed by atoms with Crippen LogP contribution in [0.15, 0.2) is 24.3 Å². The van der Waals surface area contributed by atoms with Crippen molar-refractivity contribution in [2.75, 3.05) is 18.4 Å². The quantitative estimate of drug-likeness (QED) is 0.851. The van der Waals surface area contributed by atoms with Gasteiger partial charge in [-0.3, -0.25) is 4.79 Å². The maximum absolute atomic E-state index is 13.4. The topological polar surface area (TPSA) is 75.4 Å². The number of nitrogens with two attached hydrogens (primary N) is 1. The van der Waals surface area contributed by atoms with E-state index < -0.39 is 11.8 Å². The van der Waals surface area contributed by atoms with E-state index in [-0.39, 0.29) is 24.1 Å². The van der Waals surface area contributed by atoms with Crippen molar-refractivity contribution in [1.82, 2.24) is 4.90 Å². The van der Waals surface area contributed by atoms with E-state index in [1.165, 1.54) is 17.0 Å². The number of primary amides is 1. The van der Waals surface area contributed by atoms with Crippen molar-refractivity contribution in [3.8, 4) is 0 Å². The number of carbonyl (C=O) groups is 2. The number of piperidine rings is 1. The predicted octanol–water partition coefficient (Wildman–Crippen LogP) is 1.55. The molecule has 5 nitrogen and oxygen atoms in total. The van der Waals surface area contributed by atoms with Gasteiger partial charge in [-0.1, -0.05) is 12.1 Å². The summed E-state index contributed by atoms with van der Waals surface area (Å²) in [6.45, 7) is 0.856. The third-order valence-corrected chi connectivity index (χ3v) is 3.24. The van der Waals surface area contributed by atoms with Gasteiger partial charge in [-0.25, -0.2) is 9.18 Å². The van der Waals surface area contributed by atoms with Gasteiger partial charge in [-0.15, -0.1) is 0 Å². The van der Waals surface area contributed by atoms with Gasteiger partial charge in [0.15, 0.2) is 0 Å². The number of rotatable bonds is 2. The molecule has 1 saturated heterocycles. The summed E-state index contributed by atoms with van der Waals surface area (Å²) < 4.78 is 13.4. The summed E-state index contributed by atoms with van der Waals surface area (Å²) in [6, 6.07) is 5.47. The molecule has 0 bridgehead atoms. The first-order chi connectivity index (χ1) is 9.08. The highest BCUT2D eigenvalue weighted by Gasteiger charge is 2.27. The molecule has 0 saturated carbocycles. The minimum absolute atomic E-state index is 0.156. The highest BCUT2D eigenvalue weighted by molar-refractivity contribution is 5.93. The monoisotopic (exact) mass is 265 g/mol. The summed E-state index contributed by atoms with van der Waals surface area (Å²) >= 11 is 0. The highest BCUT2D eigenvalue weighted by Crippen LogP contribution is 2.19. The van der Waals surface area contributed by atoms with E-state index in [2.05, 4.69) is 5.32 Å². The van der Waals surface area contributed by atoms with Crippen LogP contribution >= 0.6 is 0 Å². The third-order valence-electron chi connectivity index (χ3n) is 3.24. The van der Waals surface area contributed by atoms with Crippen molar-refractivity contribution >= 4 is 17.6 Å². The molecule has 1 aliphatic heterocycles. The summed E-state index contributed by atoms with van der Waals surface area (Å²) in [5.74, 6) is -1.10. The molecule has 0 aliphatic carbocycles. The molecule has 1 fully saturated rings. The SMILES string of the molecule is NC(=O)N1CCC[C@@H](C(=O)Nc2ccccc2F)C1. The molecule has 6 heteroatoms. The van der Waals surface area contributed by atoms with Crippen LogP contribution in [0.25, 0.3) is 0 Å². The summed E-state index contributed by atoms with van der Waals surface area (Å²) in [5, 5.41) is 2.55. The number of carbonyl (C=O) groups excluding carboxylic acids is 2. The normalized spacial score (nSPS) is 19.0. The number of hydrogen-bond acceptors (Lipinski definition) is 2. The molecule has 1 aromatic carbocycles. The van der Waals surface area contributed by atoms with Crippen LogP contribution in [0, 0.1) is 11.7 Å². The number of anilines is 1. The summed E-state index contributed by atoms with van der Waals surface area (Å²) in [4.78, 5) is 24.6. The van der Waals surface area contributed by atoms with Crippen molar-refractivity contribution < 1.29 is 14.0 Å². The number of nitrogens with zero attached hydrogens (tertiary/aromatic N) is 1. The molecule has 0 spiro atoms. The van der Waals surface area contributed by atoms with E-state index >= 15 is 0 Å². The van der Waals surface area contributed by atoms with Gasteiger partial charge in [0.1, 0.15) is 5.82 Å². The van der Waals surface area contributed by atoms with Crippen LogP contribution in [-0.4, -0.2) is 29.9 Å². The minimum atomic E-state index is -0.525. The highest BCUT2D eigenvalue weighted by atomic mass is 19.1. The molecule has 102 valence electrons. The summed E-state index contributed by atoms with van der Waals surface area (Å²) in [5.41, 5.74) is 5.36. The molecule has 1 atom stereocenters. The Morgan fingerprint density at radius 3 is 2.79 bits per heavy atom. The van der Waals surface area contributed by atoms with Crippen molar-refractivity contribution in [2.45, 2.75) is 12.8 Å². The van der Waals surface area contributed by atoms with Crippen LogP contribution in [-0.2, 0) is 4.79 Å². The average Bonchev–Trinajstić information content (AvgIpc) is 2.41. The van der Waals surface area contributed by atoms with Gasteiger partial charge in [-0.05, 0) is 25.0 Å². The molecule has 1 aromatic rings. The van der Waals surface area contributed by atoms with E-state index in [0.29, 0.717) is 13.0 Å². The molecular formula is C13H16FN3O2. The zero-order valence-corrected chi connectivity index (χ0v) is 10.4. The van der Waals surface area contributed by atoms with Crippen LogP contribution in [0.3, 0.4) is 0 Å². The second-order valence-electron chi connectivity index (χ2n) is 4.59. The molecular weight excluding hydrogens is 249 g/mol. The average molecular weight is 265 g/mol. The number of hydrogen-bond donors (Lipinski definition) is 2. The van der Waals surface area contributed by atoms with E-state index in [9.17, 15) is 14.0 Å². The molecule has 2 rings (SSSR count). The first kappa shape index (κ1) is 13.3. The Morgan fingerprint density at radius 2 is 2.11 bits per heavy atom. The van der Waals surface area contributed by atoms with Crippen molar-refractivity contribution in [3.05, 3.63) is 30.1 Å². The Kier molecular flexibility index (Phi) is 3.99. The van der Waals surface area contributed by atoms with Gasteiger partial charge in [0, 0.05) is 13.1 Å². The molecule has 19 heavy (non-hydrogen) atoms. The Balaban J connectivity index is 2.00. The van der Waals surface area contributed by atoms with Crippen LogP contribution in [0.1, 0.15) is 12.8 Å². The first-order valence-corrected chi connectivity index (χ1v) is 6.17. The molecule has 0 aromatic heterocycles. The van der Waals surface area contributed by atoms with Gasteiger partial charge in [0.2, 0.25) is 5.91 Å². The van der Waals surface area contributed by atoms with Gasteiger partial charge >= 0.3 is 6.03 Å². The Bertz CT molecular complexity index is 493. The Labute approximate surface area is 110 Å². The van der Waals surface area contributed by atoms with E-state index in [4.69, 9.17) is 5.73 Å². The fourth-order valence-corrected chi connectivity index (χ4v) is 2.19. The van der Waals surface area contributed by atoms with E-state index in [1.807, 2.05) is 0 Å². The van der Waals surface area contributed by atoms with Gasteiger partial charge < -0.3 is 16.0 Å². The lowest BCUT2D eigenvalue weighted by atomic mass is 9.97. The fraction of sp³-hybridized carbons (Fsp3) is 0.385. The largest absolute Gasteiger partial charge is 0.351 e. The lowest BCUT2D eigenvalue weighted by Gasteiger charge is -2.30. The smallest absolute Gasteiger partial charge is 0.314 e. The van der Waals surface area contributed by atoms with Crippen molar-refractivity contribution in [3.63, 3.8) is 0 Å². The molecule has 3 amide bonds. The van der Waals surface area contributed by atoms with Crippen LogP contribution in [0.5, 0.6) is 0 Å². The number of nitrogens with one attached hydrogen (secondary N) is 1. The maximum Gasteiger partial charge on any atom is 0.314 e. The standard InChI is InChI=1S/C13H16FN3O2/c14-10-5-1-2-6-11(10)16-12(18)9-4-3-7-17(8-9)13(15)19/h1-2,5-6,9H,3-4,7-8H2,(H2,15,19)(H,16,18)/t9-/m1/s1. The number of para-hydroxylation sites is 1. The van der Waals surface area contributed by atoms with Crippen molar-refractivity contribution in [1.29, 1.82) is 0 Å². The summed E-state index contributed by atoms with van der Waals surface area (Å²) in [7, 11) is 0. The van der Waals surface area contributed by atoms with Gasteiger partial charge in [0.05, 0.1) is 11.6 Å². The molecule has 0 radical (unpaired) electrons. The van der Waals surface area contributed by atoms with Crippen LogP contribution < -0.4 is 11.1 Å². The number of urea groups is 1. The first-order valence-electron chi connectivity index (χ1n) is 6.17.